The second-order valence-electron chi connectivity index (χ2n) is 7.21. The van der Waals surface area contributed by atoms with Gasteiger partial charge in [-0.15, -0.1) is 11.3 Å². The zero-order valence-corrected chi connectivity index (χ0v) is 18.3. The average Bonchev–Trinajstić information content (AvgIpc) is 3.39. The summed E-state index contributed by atoms with van der Waals surface area (Å²) >= 11 is 1.78. The molecule has 0 aliphatic carbocycles. The highest BCUT2D eigenvalue weighted by Gasteiger charge is 2.21. The number of nitrogens with zero attached hydrogens (tertiary/aromatic N) is 3. The Labute approximate surface area is 176 Å². The van der Waals surface area contributed by atoms with Crippen molar-refractivity contribution in [2.75, 3.05) is 19.6 Å². The van der Waals surface area contributed by atoms with E-state index in [9.17, 15) is 4.79 Å². The van der Waals surface area contributed by atoms with E-state index in [-0.39, 0.29) is 12.5 Å². The Morgan fingerprint density at radius 1 is 1.34 bits per heavy atom. The van der Waals surface area contributed by atoms with Crippen LogP contribution in [0.1, 0.15) is 61.4 Å². The normalized spacial score (nSPS) is 14.2. The van der Waals surface area contributed by atoms with Crippen LogP contribution in [0.5, 0.6) is 0 Å². The molecule has 0 saturated heterocycles. The first-order valence-corrected chi connectivity index (χ1v) is 11.3. The first kappa shape index (κ1) is 21.4. The number of hydrogen-bond donors (Lipinski definition) is 2. The van der Waals surface area contributed by atoms with Crippen molar-refractivity contribution in [3.8, 4) is 0 Å². The Bertz CT molecular complexity index is 825. The van der Waals surface area contributed by atoms with E-state index in [1.54, 1.807) is 11.3 Å². The van der Waals surface area contributed by atoms with E-state index in [0.717, 1.165) is 43.8 Å². The molecule has 29 heavy (non-hydrogen) atoms. The van der Waals surface area contributed by atoms with E-state index < -0.39 is 0 Å². The predicted molar refractivity (Wildman–Crippen MR) is 116 cm³/mol. The predicted octanol–water partition coefficient (Wildman–Crippen LogP) is 3.28. The lowest BCUT2D eigenvalue weighted by atomic mass is 9.99. The third-order valence-electron chi connectivity index (χ3n) is 5.29. The molecule has 1 amide bonds. The summed E-state index contributed by atoms with van der Waals surface area (Å²) in [6, 6.07) is 4.12. The first-order chi connectivity index (χ1) is 14.1. The van der Waals surface area contributed by atoms with Crippen LogP contribution >= 0.6 is 11.3 Å². The molecular formula is C21H31N5O2S. The molecule has 2 aromatic rings. The zero-order valence-electron chi connectivity index (χ0n) is 17.5. The molecule has 0 unspecified atom stereocenters. The summed E-state index contributed by atoms with van der Waals surface area (Å²) in [6.45, 7) is 9.11. The summed E-state index contributed by atoms with van der Waals surface area (Å²) in [5.41, 5.74) is 2.27. The van der Waals surface area contributed by atoms with Crippen molar-refractivity contribution in [3.05, 3.63) is 39.4 Å². The monoisotopic (exact) mass is 417 g/mol. The third-order valence-corrected chi connectivity index (χ3v) is 6.31. The van der Waals surface area contributed by atoms with Crippen LogP contribution in [0.15, 0.2) is 27.0 Å². The largest absolute Gasteiger partial charge is 0.359 e. The van der Waals surface area contributed by atoms with Crippen molar-refractivity contribution in [3.63, 3.8) is 0 Å². The van der Waals surface area contributed by atoms with Crippen LogP contribution in [0.4, 0.5) is 0 Å². The summed E-state index contributed by atoms with van der Waals surface area (Å²) in [4.78, 5) is 20.3. The fourth-order valence-electron chi connectivity index (χ4n) is 3.53. The van der Waals surface area contributed by atoms with E-state index in [4.69, 9.17) is 4.52 Å². The van der Waals surface area contributed by atoms with E-state index in [1.807, 2.05) is 17.9 Å². The minimum atomic E-state index is 0.0507. The Morgan fingerprint density at radius 2 is 2.17 bits per heavy atom. The lowest BCUT2D eigenvalue weighted by Gasteiger charge is -2.26. The maximum Gasteiger partial charge on any atom is 0.244 e. The molecule has 2 N–H and O–H groups in total. The van der Waals surface area contributed by atoms with Gasteiger partial charge >= 0.3 is 0 Å². The second kappa shape index (κ2) is 10.4. The number of thiophene rings is 1. The summed E-state index contributed by atoms with van der Waals surface area (Å²) in [5.74, 6) is 1.86. The van der Waals surface area contributed by atoms with E-state index >= 15 is 0 Å². The van der Waals surface area contributed by atoms with Gasteiger partial charge in [0.25, 0.3) is 0 Å². The number of aliphatic imine (C=N–C) groups is 1. The van der Waals surface area contributed by atoms with Crippen molar-refractivity contribution in [2.24, 2.45) is 4.99 Å². The van der Waals surface area contributed by atoms with Crippen LogP contribution in [0.25, 0.3) is 0 Å². The van der Waals surface area contributed by atoms with Crippen LogP contribution < -0.4 is 10.6 Å². The van der Waals surface area contributed by atoms with Gasteiger partial charge in [-0.05, 0) is 43.2 Å². The molecule has 0 aromatic carbocycles. The number of aromatic nitrogens is 1. The van der Waals surface area contributed by atoms with Gasteiger partial charge in [-0.1, -0.05) is 19.0 Å². The molecule has 3 rings (SSSR count). The standard InChI is InChI=1S/C21H31N5O2S/c1-4-15(5-2)18-11-17(28-25-18)12-23-21(22-6-3)24-13-20(27)26-9-7-19-16(14-26)8-10-29-19/h8,10-11,15H,4-7,9,12-14H2,1-3H3,(H2,22,23,24). The summed E-state index contributed by atoms with van der Waals surface area (Å²) in [5, 5.41) is 12.7. The summed E-state index contributed by atoms with van der Waals surface area (Å²) in [7, 11) is 0. The third kappa shape index (κ3) is 5.59. The van der Waals surface area contributed by atoms with Gasteiger partial charge in [0, 0.05) is 36.5 Å². The van der Waals surface area contributed by atoms with Crippen molar-refractivity contribution < 1.29 is 9.32 Å². The molecule has 0 spiro atoms. The molecule has 158 valence electrons. The number of fused-ring (bicyclic) bond motifs is 1. The Balaban J connectivity index is 1.54. The molecule has 8 heteroatoms. The molecule has 2 aromatic heterocycles. The lowest BCUT2D eigenvalue weighted by molar-refractivity contribution is -0.130. The fraction of sp³-hybridized carbons (Fsp3) is 0.571. The van der Waals surface area contributed by atoms with Gasteiger partial charge in [-0.25, -0.2) is 4.99 Å². The van der Waals surface area contributed by atoms with Crippen LogP contribution in [0.2, 0.25) is 0 Å². The van der Waals surface area contributed by atoms with Crippen LogP contribution in [-0.4, -0.2) is 41.6 Å². The Morgan fingerprint density at radius 3 is 2.93 bits per heavy atom. The van der Waals surface area contributed by atoms with Gasteiger partial charge in [-0.3, -0.25) is 4.79 Å². The smallest absolute Gasteiger partial charge is 0.244 e. The number of nitrogens with one attached hydrogen (secondary N) is 2. The first-order valence-electron chi connectivity index (χ1n) is 10.4. The van der Waals surface area contributed by atoms with Crippen molar-refractivity contribution in [1.29, 1.82) is 0 Å². The zero-order chi connectivity index (χ0) is 20.6. The van der Waals surface area contributed by atoms with Crippen LogP contribution in [0, 0.1) is 0 Å². The van der Waals surface area contributed by atoms with Gasteiger partial charge in [-0.2, -0.15) is 0 Å². The van der Waals surface area contributed by atoms with Crippen LogP contribution in [0.3, 0.4) is 0 Å². The molecule has 1 aliphatic rings. The topological polar surface area (TPSA) is 82.8 Å². The minimum absolute atomic E-state index is 0.0507. The van der Waals surface area contributed by atoms with E-state index in [1.165, 1.54) is 10.4 Å². The Kier molecular flexibility index (Phi) is 7.69. The van der Waals surface area contributed by atoms with Crippen molar-refractivity contribution >= 4 is 23.2 Å². The maximum atomic E-state index is 12.6. The number of guanidine groups is 1. The lowest BCUT2D eigenvalue weighted by Crippen LogP contribution is -2.40. The van der Waals surface area contributed by atoms with Gasteiger partial charge < -0.3 is 20.1 Å². The molecule has 0 saturated carbocycles. The number of carbonyl (C=O) groups excluding carboxylic acids is 1. The minimum Gasteiger partial charge on any atom is -0.359 e. The van der Waals surface area contributed by atoms with Crippen molar-refractivity contribution in [1.82, 2.24) is 20.7 Å². The molecule has 7 nitrogen and oxygen atoms in total. The van der Waals surface area contributed by atoms with Gasteiger partial charge in [0.2, 0.25) is 5.91 Å². The highest BCUT2D eigenvalue weighted by molar-refractivity contribution is 7.10. The molecule has 0 radical (unpaired) electrons. The Hall–Kier alpha value is -2.35. The molecular weight excluding hydrogens is 386 g/mol. The number of carbonyl (C=O) groups is 1. The number of rotatable bonds is 8. The quantitative estimate of drug-likeness (QED) is 0.509. The number of hydrogen-bond acceptors (Lipinski definition) is 5. The molecule has 0 bridgehead atoms. The summed E-state index contributed by atoms with van der Waals surface area (Å²) < 4.78 is 5.45. The van der Waals surface area contributed by atoms with E-state index in [0.29, 0.717) is 25.0 Å². The average molecular weight is 418 g/mol. The highest BCUT2D eigenvalue weighted by Crippen LogP contribution is 2.24. The SMILES string of the molecule is CCNC(=NCC(=O)N1CCc2sccc2C1)NCc1cc(C(CC)CC)no1. The van der Waals surface area contributed by atoms with Crippen molar-refractivity contribution in [2.45, 2.75) is 59.0 Å². The van der Waals surface area contributed by atoms with E-state index in [2.05, 4.69) is 46.1 Å². The highest BCUT2D eigenvalue weighted by atomic mass is 32.1. The molecule has 3 heterocycles. The van der Waals surface area contributed by atoms with Gasteiger partial charge in [0.1, 0.15) is 6.54 Å². The van der Waals surface area contributed by atoms with Gasteiger partial charge in [0.05, 0.1) is 12.2 Å². The maximum absolute atomic E-state index is 12.6. The van der Waals surface area contributed by atoms with Gasteiger partial charge in [0.15, 0.2) is 11.7 Å². The van der Waals surface area contributed by atoms with Crippen LogP contribution in [-0.2, 0) is 24.3 Å². The molecule has 0 atom stereocenters. The second-order valence-corrected chi connectivity index (χ2v) is 8.22. The molecule has 0 fully saturated rings. The number of amides is 1. The fourth-order valence-corrected chi connectivity index (χ4v) is 4.42. The molecule has 1 aliphatic heterocycles. The summed E-state index contributed by atoms with van der Waals surface area (Å²) in [6.07, 6.45) is 3.03.